The Bertz CT molecular complexity index is 440. The van der Waals surface area contributed by atoms with Crippen LogP contribution < -0.4 is 0 Å². The molecular weight excluding hydrogens is 273 g/mol. The van der Waals surface area contributed by atoms with Gasteiger partial charge in [0.1, 0.15) is 0 Å². The first-order valence-corrected chi connectivity index (χ1v) is 6.22. The first kappa shape index (κ1) is 15.0. The summed E-state index contributed by atoms with van der Waals surface area (Å²) >= 11 is 12.0. The zero-order valence-electron chi connectivity index (χ0n) is 10.2. The summed E-state index contributed by atoms with van der Waals surface area (Å²) in [4.78, 5) is 13.2. The number of nitrogens with zero attached hydrogens (tertiary/aromatic N) is 1. The van der Waals surface area contributed by atoms with E-state index in [4.69, 9.17) is 28.3 Å². The topological polar surface area (TPSA) is 40.5 Å². The Kier molecular flexibility index (Phi) is 5.66. The van der Waals surface area contributed by atoms with Gasteiger partial charge in [-0.15, -0.1) is 0 Å². The van der Waals surface area contributed by atoms with E-state index < -0.39 is 0 Å². The molecule has 3 nitrogen and oxygen atoms in total. The summed E-state index contributed by atoms with van der Waals surface area (Å²) in [5.41, 5.74) is 0.610. The monoisotopic (exact) mass is 287 g/mol. The van der Waals surface area contributed by atoms with Crippen molar-refractivity contribution in [2.24, 2.45) is 0 Å². The number of aliphatic hydroxyl groups excluding tert-OH is 1. The van der Waals surface area contributed by atoms with Crippen molar-refractivity contribution < 1.29 is 9.90 Å². The molecule has 0 bridgehead atoms. The van der Waals surface area contributed by atoms with Crippen molar-refractivity contribution in [1.29, 1.82) is 0 Å². The summed E-state index contributed by atoms with van der Waals surface area (Å²) in [6.45, 7) is 1.68. The predicted octanol–water partition coefficient (Wildman–Crippen LogP) is 2.85. The van der Waals surface area contributed by atoms with Crippen LogP contribution in [0.2, 0.25) is 10.0 Å². The number of halogens is 2. The molecule has 0 aliphatic carbocycles. The zero-order chi connectivity index (χ0) is 13.7. The van der Waals surface area contributed by atoms with E-state index in [0.717, 1.165) is 0 Å². The van der Waals surface area contributed by atoms with Crippen LogP contribution in [0.3, 0.4) is 0 Å². The van der Waals surface area contributed by atoms with Gasteiger partial charge in [-0.2, -0.15) is 0 Å². The number of rotatable bonds is 4. The minimum atomic E-state index is -0.233. The lowest BCUT2D eigenvalue weighted by molar-refractivity contribution is -0.127. The van der Waals surface area contributed by atoms with Crippen molar-refractivity contribution in [3.8, 4) is 0 Å². The Balaban J connectivity index is 2.84. The van der Waals surface area contributed by atoms with Gasteiger partial charge in [0.05, 0.1) is 12.6 Å². The van der Waals surface area contributed by atoms with Crippen LogP contribution >= 0.6 is 23.2 Å². The molecule has 1 unspecified atom stereocenters. The maximum atomic E-state index is 11.8. The molecule has 1 aromatic rings. The van der Waals surface area contributed by atoms with Crippen LogP contribution in [-0.4, -0.2) is 35.6 Å². The SMILES string of the molecule is CC(CO)N(C)C(=O)/C=C/c1c(Cl)cccc1Cl. The fourth-order valence-corrected chi connectivity index (χ4v) is 1.81. The van der Waals surface area contributed by atoms with E-state index in [1.807, 2.05) is 0 Å². The van der Waals surface area contributed by atoms with E-state index in [1.54, 1.807) is 38.2 Å². The molecule has 18 heavy (non-hydrogen) atoms. The van der Waals surface area contributed by atoms with Gasteiger partial charge in [-0.3, -0.25) is 4.79 Å². The lowest BCUT2D eigenvalue weighted by Crippen LogP contribution is -2.36. The zero-order valence-corrected chi connectivity index (χ0v) is 11.7. The molecule has 0 aliphatic rings. The molecule has 0 aliphatic heterocycles. The smallest absolute Gasteiger partial charge is 0.246 e. The van der Waals surface area contributed by atoms with Crippen LogP contribution in [0.5, 0.6) is 0 Å². The molecule has 1 amide bonds. The van der Waals surface area contributed by atoms with Crippen molar-refractivity contribution in [2.75, 3.05) is 13.7 Å². The van der Waals surface area contributed by atoms with Gasteiger partial charge in [0, 0.05) is 28.7 Å². The average molecular weight is 288 g/mol. The van der Waals surface area contributed by atoms with Gasteiger partial charge in [0.25, 0.3) is 0 Å². The van der Waals surface area contributed by atoms with Gasteiger partial charge < -0.3 is 10.0 Å². The minimum Gasteiger partial charge on any atom is -0.394 e. The first-order valence-electron chi connectivity index (χ1n) is 5.47. The molecular formula is C13H15Cl2NO2. The summed E-state index contributed by atoms with van der Waals surface area (Å²) in [7, 11) is 1.63. The number of carbonyl (C=O) groups is 1. The van der Waals surface area contributed by atoms with Crippen LogP contribution in [0.1, 0.15) is 12.5 Å². The van der Waals surface area contributed by atoms with Crippen LogP contribution in [0.4, 0.5) is 0 Å². The predicted molar refractivity (Wildman–Crippen MR) is 74.8 cm³/mol. The normalized spacial score (nSPS) is 12.7. The summed E-state index contributed by atoms with van der Waals surface area (Å²) in [5, 5.41) is 9.95. The molecule has 98 valence electrons. The molecule has 0 spiro atoms. The molecule has 1 aromatic carbocycles. The van der Waals surface area contributed by atoms with Crippen molar-refractivity contribution in [3.63, 3.8) is 0 Å². The third-order valence-electron chi connectivity index (χ3n) is 2.67. The van der Waals surface area contributed by atoms with Gasteiger partial charge >= 0.3 is 0 Å². The lowest BCUT2D eigenvalue weighted by atomic mass is 10.2. The van der Waals surface area contributed by atoms with Crippen molar-refractivity contribution in [1.82, 2.24) is 4.90 Å². The molecule has 1 atom stereocenters. The molecule has 5 heteroatoms. The van der Waals surface area contributed by atoms with E-state index in [9.17, 15) is 4.79 Å². The summed E-state index contributed by atoms with van der Waals surface area (Å²) in [6.07, 6.45) is 2.97. The fraction of sp³-hybridized carbons (Fsp3) is 0.308. The Morgan fingerprint density at radius 2 is 2.00 bits per heavy atom. The average Bonchev–Trinajstić information content (AvgIpc) is 2.36. The Morgan fingerprint density at radius 1 is 1.44 bits per heavy atom. The third-order valence-corrected chi connectivity index (χ3v) is 3.32. The fourth-order valence-electron chi connectivity index (χ4n) is 1.28. The van der Waals surface area contributed by atoms with E-state index in [-0.39, 0.29) is 18.6 Å². The maximum absolute atomic E-state index is 11.8. The second-order valence-electron chi connectivity index (χ2n) is 3.95. The Morgan fingerprint density at radius 3 is 2.50 bits per heavy atom. The summed E-state index contributed by atoms with van der Waals surface area (Å²) in [5.74, 6) is -0.215. The van der Waals surface area contributed by atoms with Crippen molar-refractivity contribution in [3.05, 3.63) is 39.9 Å². The van der Waals surface area contributed by atoms with Crippen molar-refractivity contribution in [2.45, 2.75) is 13.0 Å². The number of hydrogen-bond donors (Lipinski definition) is 1. The summed E-state index contributed by atoms with van der Waals surface area (Å²) < 4.78 is 0. The van der Waals surface area contributed by atoms with E-state index in [2.05, 4.69) is 0 Å². The number of hydrogen-bond acceptors (Lipinski definition) is 2. The van der Waals surface area contributed by atoms with E-state index >= 15 is 0 Å². The van der Waals surface area contributed by atoms with E-state index in [0.29, 0.717) is 15.6 Å². The third kappa shape index (κ3) is 3.73. The second kappa shape index (κ2) is 6.78. The van der Waals surface area contributed by atoms with Crippen LogP contribution in [-0.2, 0) is 4.79 Å². The molecule has 1 N–H and O–H groups in total. The first-order chi connectivity index (χ1) is 8.47. The highest BCUT2D eigenvalue weighted by Gasteiger charge is 2.12. The standard InChI is InChI=1S/C13H15Cl2NO2/c1-9(8-17)16(2)13(18)7-6-10-11(14)4-3-5-12(10)15/h3-7,9,17H,8H2,1-2H3/b7-6+. The van der Waals surface area contributed by atoms with Crippen LogP contribution in [0.15, 0.2) is 24.3 Å². The quantitative estimate of drug-likeness (QED) is 0.865. The molecule has 0 saturated heterocycles. The highest BCUT2D eigenvalue weighted by atomic mass is 35.5. The van der Waals surface area contributed by atoms with Gasteiger partial charge in [-0.25, -0.2) is 0 Å². The highest BCUT2D eigenvalue weighted by molar-refractivity contribution is 6.37. The lowest BCUT2D eigenvalue weighted by Gasteiger charge is -2.21. The molecule has 0 radical (unpaired) electrons. The number of amides is 1. The Labute approximate surface area is 117 Å². The highest BCUT2D eigenvalue weighted by Crippen LogP contribution is 2.25. The maximum Gasteiger partial charge on any atom is 0.246 e. The second-order valence-corrected chi connectivity index (χ2v) is 4.76. The number of benzene rings is 1. The van der Waals surface area contributed by atoms with Gasteiger partial charge in [0.2, 0.25) is 5.91 Å². The van der Waals surface area contributed by atoms with Crippen LogP contribution in [0.25, 0.3) is 6.08 Å². The number of likely N-dealkylation sites (N-methyl/N-ethyl adjacent to an activating group) is 1. The molecule has 0 fully saturated rings. The van der Waals surface area contributed by atoms with Gasteiger partial charge in [0.15, 0.2) is 0 Å². The van der Waals surface area contributed by atoms with Crippen LogP contribution in [0, 0.1) is 0 Å². The number of aliphatic hydroxyl groups is 1. The number of carbonyl (C=O) groups excluding carboxylic acids is 1. The van der Waals surface area contributed by atoms with Gasteiger partial charge in [-0.1, -0.05) is 29.3 Å². The molecule has 0 saturated carbocycles. The molecule has 0 heterocycles. The summed E-state index contributed by atoms with van der Waals surface area (Å²) in [6, 6.07) is 4.92. The molecule has 1 rings (SSSR count). The van der Waals surface area contributed by atoms with Gasteiger partial charge in [-0.05, 0) is 25.1 Å². The van der Waals surface area contributed by atoms with E-state index in [1.165, 1.54) is 11.0 Å². The minimum absolute atomic E-state index is 0.0804. The molecule has 0 aromatic heterocycles. The van der Waals surface area contributed by atoms with Crippen molar-refractivity contribution >= 4 is 35.2 Å². The largest absolute Gasteiger partial charge is 0.394 e. The Hall–Kier alpha value is -1.03.